The Balaban J connectivity index is 1.25. The summed E-state index contributed by atoms with van der Waals surface area (Å²) in [7, 11) is 0. The Bertz CT molecular complexity index is 781. The number of rotatable bonds is 6. The summed E-state index contributed by atoms with van der Waals surface area (Å²) in [5, 5.41) is 23.7. The SMILES string of the molecule is N[C@H](CO)C(=O)N1CCc2c(ncnc2NCC(O)C23CC4CC(CC(C4)C2)C3)C1. The third kappa shape index (κ3) is 3.48. The standard InChI is InChI=1S/C22H33N5O3/c23-17(11-28)21(30)27-2-1-16-18(10-27)25-12-26-20(16)24-9-19(29)22-6-13-3-14(7-22)5-15(4-13)8-22/h12-15,17,19,28-29H,1-11,23H2,(H,24,25,26)/t13?,14?,15?,17-,19?,22?/m1/s1. The number of nitrogens with one attached hydrogen (secondary N) is 1. The lowest BCUT2D eigenvalue weighted by Crippen LogP contribution is -2.53. The fourth-order valence-electron chi connectivity index (χ4n) is 7.00. The van der Waals surface area contributed by atoms with Gasteiger partial charge in [0.15, 0.2) is 0 Å². The first-order valence-corrected chi connectivity index (χ1v) is 11.4. The molecule has 6 rings (SSSR count). The predicted molar refractivity (Wildman–Crippen MR) is 111 cm³/mol. The van der Waals surface area contributed by atoms with Crippen molar-refractivity contribution in [3.8, 4) is 0 Å². The summed E-state index contributed by atoms with van der Waals surface area (Å²) < 4.78 is 0. The van der Waals surface area contributed by atoms with Crippen molar-refractivity contribution >= 4 is 11.7 Å². The van der Waals surface area contributed by atoms with Gasteiger partial charge in [-0.3, -0.25) is 4.79 Å². The summed E-state index contributed by atoms with van der Waals surface area (Å²) in [4.78, 5) is 22.7. The second-order valence-corrected chi connectivity index (χ2v) is 10.1. The molecule has 0 saturated heterocycles. The van der Waals surface area contributed by atoms with Crippen LogP contribution in [-0.4, -0.2) is 62.8 Å². The Kier molecular flexibility index (Phi) is 5.19. The molecule has 0 radical (unpaired) electrons. The van der Waals surface area contributed by atoms with Gasteiger partial charge in [-0.05, 0) is 68.1 Å². The van der Waals surface area contributed by atoms with Crippen LogP contribution in [0.15, 0.2) is 6.33 Å². The molecular formula is C22H33N5O3. The predicted octanol–water partition coefficient (Wildman–Crippen LogP) is 0.670. The molecule has 2 heterocycles. The van der Waals surface area contributed by atoms with Crippen LogP contribution in [0.2, 0.25) is 0 Å². The number of aliphatic hydroxyl groups excluding tert-OH is 2. The van der Waals surface area contributed by atoms with Crippen LogP contribution >= 0.6 is 0 Å². The van der Waals surface area contributed by atoms with Crippen molar-refractivity contribution in [1.29, 1.82) is 0 Å². The van der Waals surface area contributed by atoms with Gasteiger partial charge < -0.3 is 26.2 Å². The van der Waals surface area contributed by atoms with Gasteiger partial charge in [0.2, 0.25) is 5.91 Å². The Morgan fingerprint density at radius 1 is 1.23 bits per heavy atom. The monoisotopic (exact) mass is 415 g/mol. The second kappa shape index (κ2) is 7.73. The van der Waals surface area contributed by atoms with Gasteiger partial charge in [-0.1, -0.05) is 0 Å². The minimum absolute atomic E-state index is 0.0818. The van der Waals surface area contributed by atoms with E-state index in [4.69, 9.17) is 10.8 Å². The highest BCUT2D eigenvalue weighted by Gasteiger charge is 2.53. The number of carbonyl (C=O) groups excluding carboxylic acids is 1. The van der Waals surface area contributed by atoms with Crippen molar-refractivity contribution in [2.75, 3.05) is 25.0 Å². The Morgan fingerprint density at radius 2 is 1.90 bits per heavy atom. The number of anilines is 1. The van der Waals surface area contributed by atoms with E-state index < -0.39 is 6.04 Å². The van der Waals surface area contributed by atoms with Crippen LogP contribution in [0.1, 0.15) is 49.8 Å². The summed E-state index contributed by atoms with van der Waals surface area (Å²) in [5.74, 6) is 2.94. The molecule has 1 unspecified atom stereocenters. The molecule has 1 aromatic rings. The summed E-state index contributed by atoms with van der Waals surface area (Å²) in [6, 6.07) is -0.888. The molecule has 1 aromatic heterocycles. The Hall–Kier alpha value is -1.77. The van der Waals surface area contributed by atoms with E-state index in [0.717, 1.165) is 34.8 Å². The van der Waals surface area contributed by atoms with Crippen molar-refractivity contribution in [1.82, 2.24) is 14.9 Å². The third-order valence-corrected chi connectivity index (χ3v) is 8.09. The molecule has 0 aromatic carbocycles. The van der Waals surface area contributed by atoms with E-state index in [2.05, 4.69) is 15.3 Å². The number of nitrogens with zero attached hydrogens (tertiary/aromatic N) is 3. The molecule has 1 aliphatic heterocycles. The molecule has 4 fully saturated rings. The highest BCUT2D eigenvalue weighted by molar-refractivity contribution is 5.82. The molecule has 0 spiro atoms. The molecule has 164 valence electrons. The number of aliphatic hydroxyl groups is 2. The van der Waals surface area contributed by atoms with E-state index in [0.29, 0.717) is 26.1 Å². The van der Waals surface area contributed by atoms with Gasteiger partial charge in [-0.15, -0.1) is 0 Å². The van der Waals surface area contributed by atoms with Crippen LogP contribution in [0.5, 0.6) is 0 Å². The summed E-state index contributed by atoms with van der Waals surface area (Å²) >= 11 is 0. The van der Waals surface area contributed by atoms with Gasteiger partial charge in [0.1, 0.15) is 18.2 Å². The fraction of sp³-hybridized carbons (Fsp3) is 0.773. The minimum Gasteiger partial charge on any atom is -0.394 e. The van der Waals surface area contributed by atoms with Gasteiger partial charge >= 0.3 is 0 Å². The van der Waals surface area contributed by atoms with Gasteiger partial charge in [0.25, 0.3) is 0 Å². The molecule has 30 heavy (non-hydrogen) atoms. The highest BCUT2D eigenvalue weighted by Crippen LogP contribution is 2.61. The maximum absolute atomic E-state index is 12.3. The fourth-order valence-corrected chi connectivity index (χ4v) is 7.00. The largest absolute Gasteiger partial charge is 0.394 e. The lowest BCUT2D eigenvalue weighted by molar-refractivity contribution is -0.134. The molecule has 4 bridgehead atoms. The minimum atomic E-state index is -0.888. The van der Waals surface area contributed by atoms with E-state index in [1.807, 2.05) is 0 Å². The topological polar surface area (TPSA) is 125 Å². The number of hydrogen-bond donors (Lipinski definition) is 4. The highest BCUT2D eigenvalue weighted by atomic mass is 16.3. The van der Waals surface area contributed by atoms with Crippen LogP contribution < -0.4 is 11.1 Å². The Labute approximate surface area is 177 Å². The maximum Gasteiger partial charge on any atom is 0.242 e. The average molecular weight is 416 g/mol. The average Bonchev–Trinajstić information content (AvgIpc) is 2.75. The Morgan fingerprint density at radius 3 is 2.53 bits per heavy atom. The first kappa shape index (κ1) is 20.2. The quantitative estimate of drug-likeness (QED) is 0.538. The van der Waals surface area contributed by atoms with E-state index in [-0.39, 0.29) is 24.0 Å². The molecule has 5 aliphatic rings. The lowest BCUT2D eigenvalue weighted by Gasteiger charge is -2.58. The van der Waals surface area contributed by atoms with Gasteiger partial charge in [0, 0.05) is 18.7 Å². The van der Waals surface area contributed by atoms with Crippen LogP contribution in [0.4, 0.5) is 5.82 Å². The normalized spacial score (nSPS) is 33.8. The van der Waals surface area contributed by atoms with Crippen LogP contribution in [0.25, 0.3) is 0 Å². The zero-order chi connectivity index (χ0) is 20.9. The van der Waals surface area contributed by atoms with E-state index in [1.165, 1.54) is 44.9 Å². The van der Waals surface area contributed by atoms with Crippen molar-refractivity contribution in [2.24, 2.45) is 28.9 Å². The third-order valence-electron chi connectivity index (χ3n) is 8.09. The molecule has 1 amide bonds. The van der Waals surface area contributed by atoms with E-state index in [1.54, 1.807) is 4.90 Å². The van der Waals surface area contributed by atoms with Gasteiger partial charge in [-0.2, -0.15) is 0 Å². The number of hydrogen-bond acceptors (Lipinski definition) is 7. The maximum atomic E-state index is 12.3. The lowest BCUT2D eigenvalue weighted by atomic mass is 9.48. The van der Waals surface area contributed by atoms with E-state index >= 15 is 0 Å². The summed E-state index contributed by atoms with van der Waals surface area (Å²) in [6.45, 7) is 1.05. The number of aromatic nitrogens is 2. The molecule has 2 atom stereocenters. The summed E-state index contributed by atoms with van der Waals surface area (Å²) in [6.07, 6.45) is 9.41. The van der Waals surface area contributed by atoms with Crippen molar-refractivity contribution in [2.45, 2.75) is 63.6 Å². The van der Waals surface area contributed by atoms with Gasteiger partial charge in [-0.25, -0.2) is 9.97 Å². The number of carbonyl (C=O) groups is 1. The number of nitrogens with two attached hydrogens (primary N) is 1. The zero-order valence-electron chi connectivity index (χ0n) is 17.5. The van der Waals surface area contributed by atoms with Crippen molar-refractivity contribution in [3.63, 3.8) is 0 Å². The smallest absolute Gasteiger partial charge is 0.242 e. The van der Waals surface area contributed by atoms with Gasteiger partial charge in [0.05, 0.1) is 24.9 Å². The first-order chi connectivity index (χ1) is 14.5. The number of fused-ring (bicyclic) bond motifs is 1. The van der Waals surface area contributed by atoms with Crippen LogP contribution in [0.3, 0.4) is 0 Å². The molecule has 4 saturated carbocycles. The molecule has 4 aliphatic carbocycles. The molecule has 8 heteroatoms. The zero-order valence-corrected chi connectivity index (χ0v) is 17.5. The van der Waals surface area contributed by atoms with Crippen LogP contribution in [-0.2, 0) is 17.8 Å². The second-order valence-electron chi connectivity index (χ2n) is 10.1. The molecular weight excluding hydrogens is 382 g/mol. The van der Waals surface area contributed by atoms with Crippen molar-refractivity contribution < 1.29 is 15.0 Å². The number of amides is 1. The van der Waals surface area contributed by atoms with E-state index in [9.17, 15) is 9.90 Å². The molecule has 8 nitrogen and oxygen atoms in total. The first-order valence-electron chi connectivity index (χ1n) is 11.4. The van der Waals surface area contributed by atoms with Crippen LogP contribution in [0, 0.1) is 23.2 Å². The molecule has 5 N–H and O–H groups in total. The van der Waals surface area contributed by atoms with Crippen molar-refractivity contribution in [3.05, 3.63) is 17.6 Å². The summed E-state index contributed by atoms with van der Waals surface area (Å²) in [5.41, 5.74) is 7.59.